The molecule has 4 heterocycles. The van der Waals surface area contributed by atoms with Gasteiger partial charge in [0.15, 0.2) is 5.82 Å². The number of nitrogens with one attached hydrogen (secondary N) is 3. The summed E-state index contributed by atoms with van der Waals surface area (Å²) >= 11 is 6.49. The van der Waals surface area contributed by atoms with E-state index in [-0.39, 0.29) is 23.7 Å². The van der Waals surface area contributed by atoms with Gasteiger partial charge in [-0.25, -0.2) is 14.3 Å². The van der Waals surface area contributed by atoms with Crippen LogP contribution in [0.1, 0.15) is 62.6 Å². The number of aromatic nitrogens is 3. The molecule has 3 aliphatic heterocycles. The molecule has 11 nitrogen and oxygen atoms in total. The van der Waals surface area contributed by atoms with E-state index in [4.69, 9.17) is 17.3 Å². The van der Waals surface area contributed by atoms with Crippen molar-refractivity contribution in [3.63, 3.8) is 0 Å². The minimum atomic E-state index is -0.734. The van der Waals surface area contributed by atoms with Crippen LogP contribution in [0.2, 0.25) is 5.02 Å². The van der Waals surface area contributed by atoms with Crippen LogP contribution in [0, 0.1) is 11.8 Å². The Hall–Kier alpha value is -3.83. The summed E-state index contributed by atoms with van der Waals surface area (Å²) in [5.41, 5.74) is 9.15. The van der Waals surface area contributed by atoms with Gasteiger partial charge in [0.1, 0.15) is 6.04 Å². The number of hydrogen-bond donors (Lipinski definition) is 4. The Bertz CT molecular complexity index is 1590. The maximum atomic E-state index is 14.1. The third-order valence-corrected chi connectivity index (χ3v) is 10.7. The van der Waals surface area contributed by atoms with Crippen LogP contribution in [0.5, 0.6) is 0 Å². The van der Waals surface area contributed by atoms with E-state index in [0.29, 0.717) is 67.9 Å². The van der Waals surface area contributed by atoms with E-state index in [2.05, 4.69) is 20.7 Å². The van der Waals surface area contributed by atoms with Gasteiger partial charge in [0.2, 0.25) is 5.91 Å². The van der Waals surface area contributed by atoms with Crippen molar-refractivity contribution in [2.24, 2.45) is 11.8 Å². The number of carbonyl (C=O) groups is 2. The molecule has 3 aromatic rings. The molecule has 3 fully saturated rings. The van der Waals surface area contributed by atoms with Crippen LogP contribution in [-0.2, 0) is 17.6 Å². The molecule has 0 saturated carbocycles. The molecule has 3 saturated heterocycles. The van der Waals surface area contributed by atoms with Gasteiger partial charge < -0.3 is 26.2 Å². The Morgan fingerprint density at radius 2 is 1.64 bits per heavy atom. The number of anilines is 1. The lowest BCUT2D eigenvalue weighted by Crippen LogP contribution is -2.55. The fourth-order valence-electron chi connectivity index (χ4n) is 7.57. The number of hydrogen-bond acceptors (Lipinski definition) is 6. The summed E-state index contributed by atoms with van der Waals surface area (Å²) in [6.45, 7) is 6.48. The van der Waals surface area contributed by atoms with Crippen molar-refractivity contribution in [3.05, 3.63) is 69.1 Å². The number of nitrogens with two attached hydrogens (primary N) is 1. The molecule has 3 aliphatic rings. The average molecular weight is 663 g/mol. The number of H-pyrrole nitrogens is 1. The first-order valence-corrected chi connectivity index (χ1v) is 17.5. The van der Waals surface area contributed by atoms with E-state index >= 15 is 0 Å². The first kappa shape index (κ1) is 33.1. The molecule has 0 unspecified atom stereocenters. The van der Waals surface area contributed by atoms with Crippen molar-refractivity contribution in [1.82, 2.24) is 35.2 Å². The van der Waals surface area contributed by atoms with Gasteiger partial charge >= 0.3 is 11.7 Å². The highest BCUT2D eigenvalue weighted by Gasteiger charge is 2.34. The van der Waals surface area contributed by atoms with E-state index < -0.39 is 6.04 Å². The first-order valence-electron chi connectivity index (χ1n) is 17.2. The van der Waals surface area contributed by atoms with E-state index in [1.165, 1.54) is 17.5 Å². The van der Waals surface area contributed by atoms with Crippen LogP contribution < -0.4 is 22.1 Å². The number of piperidine rings is 3. The van der Waals surface area contributed by atoms with Crippen LogP contribution in [-0.4, -0.2) is 81.8 Å². The Morgan fingerprint density at radius 1 is 0.979 bits per heavy atom. The quantitative estimate of drug-likeness (QED) is 0.266. The van der Waals surface area contributed by atoms with Crippen molar-refractivity contribution in [2.45, 2.75) is 70.4 Å². The number of urea groups is 1. The first-order chi connectivity index (χ1) is 22.8. The van der Waals surface area contributed by atoms with Crippen molar-refractivity contribution >= 4 is 29.2 Å². The predicted octanol–water partition coefficient (Wildman–Crippen LogP) is 4.23. The molecular formula is C35H47ClN8O3. The number of benzene rings is 2. The third kappa shape index (κ3) is 7.67. The number of carbonyl (C=O) groups excluding carboxylic acids is 2. The zero-order valence-corrected chi connectivity index (χ0v) is 28.0. The van der Waals surface area contributed by atoms with Crippen LogP contribution in [0.3, 0.4) is 0 Å². The smallest absolute Gasteiger partial charge is 0.343 e. The monoisotopic (exact) mass is 662 g/mol. The minimum absolute atomic E-state index is 0.0560. The second kappa shape index (κ2) is 14.9. The van der Waals surface area contributed by atoms with E-state index in [1.807, 2.05) is 54.3 Å². The maximum absolute atomic E-state index is 14.1. The molecule has 1 atom stereocenters. The number of amides is 3. The summed E-state index contributed by atoms with van der Waals surface area (Å²) in [5.74, 6) is 1.84. The van der Waals surface area contributed by atoms with Crippen LogP contribution in [0.4, 0.5) is 10.5 Å². The van der Waals surface area contributed by atoms with Gasteiger partial charge in [0.05, 0.1) is 16.8 Å². The second-order valence-electron chi connectivity index (χ2n) is 13.3. The van der Waals surface area contributed by atoms with Crippen LogP contribution >= 0.6 is 11.6 Å². The summed E-state index contributed by atoms with van der Waals surface area (Å²) in [7, 11) is 0. The van der Waals surface area contributed by atoms with Crippen molar-refractivity contribution in [2.75, 3.05) is 45.0 Å². The van der Waals surface area contributed by atoms with Crippen molar-refractivity contribution in [3.8, 4) is 11.4 Å². The molecule has 47 heavy (non-hydrogen) atoms. The summed E-state index contributed by atoms with van der Waals surface area (Å²) in [6, 6.07) is 12.2. The lowest BCUT2D eigenvalue weighted by molar-refractivity contribution is -0.135. The van der Waals surface area contributed by atoms with Crippen molar-refractivity contribution in [1.29, 1.82) is 0 Å². The Kier molecular flexibility index (Phi) is 10.5. The molecule has 12 heteroatoms. The molecular weight excluding hydrogens is 616 g/mol. The zero-order chi connectivity index (χ0) is 32.9. The molecule has 0 aliphatic carbocycles. The third-order valence-electron chi connectivity index (χ3n) is 10.4. The Morgan fingerprint density at radius 3 is 2.32 bits per heavy atom. The van der Waals surface area contributed by atoms with Gasteiger partial charge in [-0.15, -0.1) is 5.10 Å². The number of aromatic amines is 1. The van der Waals surface area contributed by atoms with Gasteiger partial charge in [-0.3, -0.25) is 9.78 Å². The lowest BCUT2D eigenvalue weighted by Gasteiger charge is -2.39. The fourth-order valence-corrected chi connectivity index (χ4v) is 7.84. The largest absolute Gasteiger partial charge is 0.397 e. The topological polar surface area (TPSA) is 141 Å². The highest BCUT2D eigenvalue weighted by molar-refractivity contribution is 6.33. The molecule has 2 aromatic carbocycles. The van der Waals surface area contributed by atoms with Gasteiger partial charge in [-0.1, -0.05) is 54.9 Å². The van der Waals surface area contributed by atoms with Crippen LogP contribution in [0.25, 0.3) is 11.4 Å². The second-order valence-corrected chi connectivity index (χ2v) is 13.7. The van der Waals surface area contributed by atoms with E-state index in [1.54, 1.807) is 4.90 Å². The normalized spacial score (nSPS) is 19.1. The molecule has 6 rings (SSSR count). The number of nitrogen functional groups attached to an aromatic ring is 1. The van der Waals surface area contributed by atoms with Crippen LogP contribution in [0.15, 0.2) is 47.3 Å². The summed E-state index contributed by atoms with van der Waals surface area (Å²) in [4.78, 5) is 47.1. The molecule has 1 aromatic heterocycles. The number of aryl methyl sites for hydroxylation is 1. The molecule has 3 amide bonds. The summed E-state index contributed by atoms with van der Waals surface area (Å²) in [6.07, 6.45) is 6.62. The molecule has 0 radical (unpaired) electrons. The number of halogens is 1. The van der Waals surface area contributed by atoms with Gasteiger partial charge in [-0.05, 0) is 87.1 Å². The molecule has 0 spiro atoms. The maximum Gasteiger partial charge on any atom is 0.343 e. The zero-order valence-electron chi connectivity index (χ0n) is 27.2. The number of nitrogens with zero attached hydrogens (tertiary/aromatic N) is 4. The highest BCUT2D eigenvalue weighted by atomic mass is 35.5. The Balaban J connectivity index is 1.12. The lowest BCUT2D eigenvalue weighted by atomic mass is 9.79. The standard InChI is InChI=1S/C35H47ClN8O3/c1-2-24-20-23(21-29(36)31(24)37)22-30(33(45)42-16-10-26(11-17-42)25-8-14-38-15-9-25)39-34(46)43-18-12-28(13-19-43)44-35(47)40-32(41-44)27-6-4-3-5-7-27/h3-7,20-21,25-26,28,30,38H,2,8-19,22,37H2,1H3,(H,39,46)(H,40,41,47)/t30-/m1/s1. The molecule has 5 N–H and O–H groups in total. The minimum Gasteiger partial charge on any atom is -0.397 e. The number of rotatable bonds is 8. The van der Waals surface area contributed by atoms with E-state index in [0.717, 1.165) is 55.0 Å². The number of likely N-dealkylation sites (tertiary alicyclic amines) is 2. The van der Waals surface area contributed by atoms with E-state index in [9.17, 15) is 14.4 Å². The predicted molar refractivity (Wildman–Crippen MR) is 184 cm³/mol. The molecule has 252 valence electrons. The summed E-state index contributed by atoms with van der Waals surface area (Å²) in [5, 5.41) is 11.6. The fraction of sp³-hybridized carbons (Fsp3) is 0.543. The van der Waals surface area contributed by atoms with Crippen molar-refractivity contribution < 1.29 is 9.59 Å². The SMILES string of the molecule is CCc1cc(C[C@@H](NC(=O)N2CCC(n3nc(-c4ccccc4)[nH]c3=O)CC2)C(=O)N2CCC(C3CCNCC3)CC2)cc(Cl)c1N. The average Bonchev–Trinajstić information content (AvgIpc) is 3.51. The highest BCUT2D eigenvalue weighted by Crippen LogP contribution is 2.32. The molecule has 0 bridgehead atoms. The van der Waals surface area contributed by atoms with Gasteiger partial charge in [0.25, 0.3) is 0 Å². The summed E-state index contributed by atoms with van der Waals surface area (Å²) < 4.78 is 1.51. The Labute approximate surface area is 281 Å². The van der Waals surface area contributed by atoms with Gasteiger partial charge in [-0.2, -0.15) is 0 Å². The van der Waals surface area contributed by atoms with Gasteiger partial charge in [0, 0.05) is 38.2 Å².